The van der Waals surface area contributed by atoms with Gasteiger partial charge >= 0.3 is 0 Å². The second-order valence-corrected chi connectivity index (χ2v) is 4.60. The summed E-state index contributed by atoms with van der Waals surface area (Å²) in [7, 11) is 2.24. The van der Waals surface area contributed by atoms with Crippen LogP contribution in [0.25, 0.3) is 0 Å². The van der Waals surface area contributed by atoms with Gasteiger partial charge in [-0.05, 0) is 39.5 Å². The van der Waals surface area contributed by atoms with Crippen LogP contribution >= 0.6 is 0 Å². The van der Waals surface area contributed by atoms with Crippen molar-refractivity contribution in [2.24, 2.45) is 0 Å². The minimum atomic E-state index is 1.17. The van der Waals surface area contributed by atoms with E-state index in [0.717, 1.165) is 0 Å². The van der Waals surface area contributed by atoms with E-state index in [-0.39, 0.29) is 0 Å². The molecular formula is C12H27N3. The normalized spacial score (nSPS) is 18.6. The molecule has 1 aliphatic heterocycles. The van der Waals surface area contributed by atoms with E-state index in [1.54, 1.807) is 0 Å². The first-order valence-corrected chi connectivity index (χ1v) is 6.44. The topological polar surface area (TPSA) is 18.5 Å². The Morgan fingerprint density at radius 2 is 1.80 bits per heavy atom. The van der Waals surface area contributed by atoms with Crippen LogP contribution in [0, 0.1) is 0 Å². The lowest BCUT2D eigenvalue weighted by molar-refractivity contribution is 0.221. The Morgan fingerprint density at radius 1 is 1.13 bits per heavy atom. The largest absolute Gasteiger partial charge is 0.314 e. The average molecular weight is 213 g/mol. The van der Waals surface area contributed by atoms with Crippen molar-refractivity contribution >= 4 is 0 Å². The van der Waals surface area contributed by atoms with Gasteiger partial charge in [0.05, 0.1) is 0 Å². The molecule has 1 aliphatic rings. The highest BCUT2D eigenvalue weighted by Gasteiger charge is 2.08. The Balaban J connectivity index is 1.94. The molecule has 0 amide bonds. The summed E-state index contributed by atoms with van der Waals surface area (Å²) < 4.78 is 0. The molecule has 1 N–H and O–H groups in total. The number of piperazine rings is 1. The van der Waals surface area contributed by atoms with Crippen molar-refractivity contribution in [1.82, 2.24) is 15.1 Å². The number of unbranched alkanes of at least 4 members (excludes halogenated alkanes) is 1. The van der Waals surface area contributed by atoms with Gasteiger partial charge in [-0.25, -0.2) is 0 Å². The Labute approximate surface area is 94.8 Å². The molecule has 0 radical (unpaired) electrons. The zero-order chi connectivity index (χ0) is 10.9. The van der Waals surface area contributed by atoms with Crippen molar-refractivity contribution in [2.75, 3.05) is 52.9 Å². The lowest BCUT2D eigenvalue weighted by atomic mass is 10.3. The maximum absolute atomic E-state index is 3.39. The summed E-state index contributed by atoms with van der Waals surface area (Å²) in [6.07, 6.45) is 3.96. The molecule has 3 heteroatoms. The third kappa shape index (κ3) is 6.13. The Kier molecular flexibility index (Phi) is 6.98. The van der Waals surface area contributed by atoms with Gasteiger partial charge in [-0.2, -0.15) is 0 Å². The summed E-state index contributed by atoms with van der Waals surface area (Å²) in [5.74, 6) is 0. The molecule has 0 unspecified atom stereocenters. The zero-order valence-corrected chi connectivity index (χ0v) is 10.5. The fraction of sp³-hybridized carbons (Fsp3) is 1.00. The smallest absolute Gasteiger partial charge is 0.0107 e. The van der Waals surface area contributed by atoms with Crippen molar-refractivity contribution in [1.29, 1.82) is 0 Å². The first kappa shape index (κ1) is 12.9. The van der Waals surface area contributed by atoms with Crippen LogP contribution in [0.1, 0.15) is 26.2 Å². The van der Waals surface area contributed by atoms with E-state index in [1.165, 1.54) is 65.1 Å². The molecule has 1 saturated heterocycles. The summed E-state index contributed by atoms with van der Waals surface area (Å²) in [5.41, 5.74) is 0. The summed E-state index contributed by atoms with van der Waals surface area (Å²) >= 11 is 0. The predicted molar refractivity (Wildman–Crippen MR) is 66.3 cm³/mol. The van der Waals surface area contributed by atoms with Gasteiger partial charge in [0.25, 0.3) is 0 Å². The lowest BCUT2D eigenvalue weighted by Crippen LogP contribution is -2.44. The molecule has 0 saturated carbocycles. The van der Waals surface area contributed by atoms with Gasteiger partial charge in [0.2, 0.25) is 0 Å². The van der Waals surface area contributed by atoms with E-state index in [0.29, 0.717) is 0 Å². The molecule has 3 nitrogen and oxygen atoms in total. The van der Waals surface area contributed by atoms with Crippen LogP contribution in [-0.2, 0) is 0 Å². The maximum atomic E-state index is 3.39. The molecule has 1 heterocycles. The number of rotatable bonds is 7. The Bertz CT molecular complexity index is 144. The average Bonchev–Trinajstić information content (AvgIpc) is 2.28. The fourth-order valence-corrected chi connectivity index (χ4v) is 2.04. The summed E-state index contributed by atoms with van der Waals surface area (Å²) in [6.45, 7) is 10.9. The molecule has 0 aromatic carbocycles. The molecule has 1 rings (SSSR count). The van der Waals surface area contributed by atoms with Gasteiger partial charge in [0.15, 0.2) is 0 Å². The van der Waals surface area contributed by atoms with Crippen LogP contribution in [0.15, 0.2) is 0 Å². The van der Waals surface area contributed by atoms with Crippen LogP contribution in [0.3, 0.4) is 0 Å². The van der Waals surface area contributed by atoms with Gasteiger partial charge in [0.1, 0.15) is 0 Å². The van der Waals surface area contributed by atoms with E-state index in [9.17, 15) is 0 Å². The molecule has 0 aliphatic carbocycles. The van der Waals surface area contributed by atoms with Crippen molar-refractivity contribution in [3.05, 3.63) is 0 Å². The minimum Gasteiger partial charge on any atom is -0.314 e. The third-order valence-electron chi connectivity index (χ3n) is 3.12. The van der Waals surface area contributed by atoms with Crippen molar-refractivity contribution in [3.63, 3.8) is 0 Å². The minimum absolute atomic E-state index is 1.17. The summed E-state index contributed by atoms with van der Waals surface area (Å²) in [6, 6.07) is 0. The SMILES string of the molecule is CCCCN(C)CCCN1CCNCC1. The van der Waals surface area contributed by atoms with Crippen LogP contribution in [0.2, 0.25) is 0 Å². The van der Waals surface area contributed by atoms with Crippen LogP contribution in [0.4, 0.5) is 0 Å². The van der Waals surface area contributed by atoms with Crippen molar-refractivity contribution in [3.8, 4) is 0 Å². The fourth-order valence-electron chi connectivity index (χ4n) is 2.04. The molecule has 15 heavy (non-hydrogen) atoms. The standard InChI is InChI=1S/C12H27N3/c1-3-4-8-14(2)9-5-10-15-11-6-13-7-12-15/h13H,3-12H2,1-2H3. The van der Waals surface area contributed by atoms with Crippen molar-refractivity contribution in [2.45, 2.75) is 26.2 Å². The van der Waals surface area contributed by atoms with E-state index in [4.69, 9.17) is 0 Å². The molecule has 90 valence electrons. The van der Waals surface area contributed by atoms with E-state index in [1.807, 2.05) is 0 Å². The van der Waals surface area contributed by atoms with Crippen LogP contribution in [-0.4, -0.2) is 62.7 Å². The molecule has 0 aromatic heterocycles. The molecule has 0 bridgehead atoms. The van der Waals surface area contributed by atoms with Crippen molar-refractivity contribution < 1.29 is 0 Å². The lowest BCUT2D eigenvalue weighted by Gasteiger charge is -2.27. The first-order chi connectivity index (χ1) is 7.33. The molecule has 0 atom stereocenters. The Morgan fingerprint density at radius 3 is 2.47 bits per heavy atom. The highest BCUT2D eigenvalue weighted by Crippen LogP contribution is 1.97. The Hall–Kier alpha value is -0.120. The number of hydrogen-bond acceptors (Lipinski definition) is 3. The van der Waals surface area contributed by atoms with Gasteiger partial charge in [0, 0.05) is 26.2 Å². The predicted octanol–water partition coefficient (Wildman–Crippen LogP) is 1.01. The monoisotopic (exact) mass is 213 g/mol. The third-order valence-corrected chi connectivity index (χ3v) is 3.12. The summed E-state index contributed by atoms with van der Waals surface area (Å²) in [5, 5.41) is 3.39. The van der Waals surface area contributed by atoms with Crippen LogP contribution in [0.5, 0.6) is 0 Å². The maximum Gasteiger partial charge on any atom is 0.0107 e. The number of hydrogen-bond donors (Lipinski definition) is 1. The molecular weight excluding hydrogens is 186 g/mol. The van der Waals surface area contributed by atoms with E-state index in [2.05, 4.69) is 29.1 Å². The summed E-state index contributed by atoms with van der Waals surface area (Å²) in [4.78, 5) is 5.04. The van der Waals surface area contributed by atoms with E-state index < -0.39 is 0 Å². The highest BCUT2D eigenvalue weighted by molar-refractivity contribution is 4.67. The van der Waals surface area contributed by atoms with E-state index >= 15 is 0 Å². The van der Waals surface area contributed by atoms with Gasteiger partial charge in [-0.1, -0.05) is 13.3 Å². The number of nitrogens with zero attached hydrogens (tertiary/aromatic N) is 2. The second-order valence-electron chi connectivity index (χ2n) is 4.60. The quantitative estimate of drug-likeness (QED) is 0.681. The van der Waals surface area contributed by atoms with Crippen LogP contribution < -0.4 is 5.32 Å². The van der Waals surface area contributed by atoms with Gasteiger partial charge in [-0.15, -0.1) is 0 Å². The van der Waals surface area contributed by atoms with Gasteiger partial charge in [-0.3, -0.25) is 0 Å². The van der Waals surface area contributed by atoms with Gasteiger partial charge < -0.3 is 15.1 Å². The first-order valence-electron chi connectivity index (χ1n) is 6.44. The molecule has 0 aromatic rings. The molecule has 0 spiro atoms. The second kappa shape index (κ2) is 8.08. The zero-order valence-electron chi connectivity index (χ0n) is 10.5. The molecule has 1 fully saturated rings. The highest BCUT2D eigenvalue weighted by atomic mass is 15.2. The number of nitrogens with one attached hydrogen (secondary N) is 1.